The first kappa shape index (κ1) is 24.6. The molecule has 1 N–H and O–H groups in total. The van der Waals surface area contributed by atoms with E-state index >= 15 is 0 Å². The monoisotopic (exact) mass is 528 g/mol. The molecule has 0 aliphatic heterocycles. The van der Waals surface area contributed by atoms with Crippen LogP contribution in [-0.4, -0.2) is 36.5 Å². The molecule has 37 heavy (non-hydrogen) atoms. The van der Waals surface area contributed by atoms with Crippen molar-refractivity contribution >= 4 is 21.4 Å². The second-order valence-electron chi connectivity index (χ2n) is 8.64. The molecule has 0 amide bonds. The van der Waals surface area contributed by atoms with Gasteiger partial charge in [-0.3, -0.25) is 13.9 Å². The number of rotatable bonds is 8. The average molecular weight is 529 g/mol. The van der Waals surface area contributed by atoms with Crippen molar-refractivity contribution in [1.29, 1.82) is 0 Å². The van der Waals surface area contributed by atoms with Gasteiger partial charge in [0.2, 0.25) is 11.6 Å². The van der Waals surface area contributed by atoms with E-state index in [-0.39, 0.29) is 22.9 Å². The topological polar surface area (TPSA) is 112 Å². The number of ether oxygens (including phenoxy) is 2. The van der Waals surface area contributed by atoms with Gasteiger partial charge in [0.1, 0.15) is 11.3 Å². The highest BCUT2D eigenvalue weighted by Crippen LogP contribution is 2.31. The molecular formula is C25H22F2N4O5S. The Balaban J connectivity index is 1.48. The van der Waals surface area contributed by atoms with Gasteiger partial charge in [0.15, 0.2) is 11.6 Å². The first-order chi connectivity index (χ1) is 17.7. The summed E-state index contributed by atoms with van der Waals surface area (Å²) in [6.07, 6.45) is 7.75. The number of hydrogen-bond donors (Lipinski definition) is 1. The van der Waals surface area contributed by atoms with Crippen molar-refractivity contribution in [3.63, 3.8) is 0 Å². The van der Waals surface area contributed by atoms with E-state index in [1.165, 1.54) is 36.4 Å². The third-order valence-electron chi connectivity index (χ3n) is 6.19. The van der Waals surface area contributed by atoms with E-state index in [1.54, 1.807) is 18.3 Å². The maximum absolute atomic E-state index is 13.6. The Hall–Kier alpha value is -4.06. The molecule has 3 heterocycles. The summed E-state index contributed by atoms with van der Waals surface area (Å²) in [7, 11) is -2.99. The third-order valence-corrected chi connectivity index (χ3v) is 7.56. The van der Waals surface area contributed by atoms with Crippen LogP contribution in [0.2, 0.25) is 0 Å². The molecule has 192 valence electrons. The first-order valence-corrected chi connectivity index (χ1v) is 12.9. The molecule has 0 bridgehead atoms. The number of fused-ring (bicyclic) bond motifs is 1. The summed E-state index contributed by atoms with van der Waals surface area (Å²) >= 11 is 0. The lowest BCUT2D eigenvalue weighted by molar-refractivity contribution is 0.178. The van der Waals surface area contributed by atoms with Gasteiger partial charge in [0.05, 0.1) is 24.8 Å². The van der Waals surface area contributed by atoms with Crippen molar-refractivity contribution in [2.24, 2.45) is 5.92 Å². The predicted molar refractivity (Wildman–Crippen MR) is 131 cm³/mol. The highest BCUT2D eigenvalue weighted by Gasteiger charge is 2.21. The van der Waals surface area contributed by atoms with Gasteiger partial charge in [-0.1, -0.05) is 6.42 Å². The quantitative estimate of drug-likeness (QED) is 0.368. The fraction of sp³-hybridized carbons (Fsp3) is 0.240. The van der Waals surface area contributed by atoms with Crippen LogP contribution in [0.4, 0.5) is 14.5 Å². The molecule has 3 aromatic heterocycles. The van der Waals surface area contributed by atoms with E-state index in [4.69, 9.17) is 9.47 Å². The maximum atomic E-state index is 13.6. The summed E-state index contributed by atoms with van der Waals surface area (Å²) in [6.45, 7) is 0.465. The SMILES string of the molecule is COc1ncc(-c2ccc3ncc(OCC4CCC4)c(=O)n3c2)cc1NS(=O)(=O)c1ccc(F)c(F)c1. The average Bonchev–Trinajstić information content (AvgIpc) is 2.85. The lowest BCUT2D eigenvalue weighted by Crippen LogP contribution is -2.23. The second-order valence-corrected chi connectivity index (χ2v) is 10.3. The number of aromatic nitrogens is 3. The van der Waals surface area contributed by atoms with Gasteiger partial charge in [-0.05, 0) is 55.2 Å². The minimum absolute atomic E-state index is 0.0344. The van der Waals surface area contributed by atoms with E-state index in [0.29, 0.717) is 35.4 Å². The minimum Gasteiger partial charge on any atom is -0.486 e. The van der Waals surface area contributed by atoms with Crippen molar-refractivity contribution in [1.82, 2.24) is 14.4 Å². The minimum atomic E-state index is -4.30. The molecule has 9 nitrogen and oxygen atoms in total. The molecule has 1 saturated carbocycles. The Morgan fingerprint density at radius 3 is 2.57 bits per heavy atom. The van der Waals surface area contributed by atoms with Crippen LogP contribution in [0.1, 0.15) is 19.3 Å². The number of pyridine rings is 2. The Morgan fingerprint density at radius 1 is 1.05 bits per heavy atom. The smallest absolute Gasteiger partial charge is 0.300 e. The molecule has 1 aromatic carbocycles. The number of benzene rings is 1. The molecule has 0 radical (unpaired) electrons. The van der Waals surface area contributed by atoms with Gasteiger partial charge in [0.25, 0.3) is 15.6 Å². The largest absolute Gasteiger partial charge is 0.486 e. The summed E-state index contributed by atoms with van der Waals surface area (Å²) < 4.78 is 67.1. The number of methoxy groups -OCH3 is 1. The molecule has 1 fully saturated rings. The standard InChI is InChI=1S/C25H22F2N4O5S/c1-35-24-21(30-37(33,34)18-6-7-19(26)20(27)10-18)9-17(11-29-24)16-5-8-23-28-12-22(25(32)31(23)13-16)36-14-15-3-2-4-15/h5-13,15,30H,2-4,14H2,1H3. The third kappa shape index (κ3) is 4.96. The molecule has 0 atom stereocenters. The molecule has 0 unspecified atom stereocenters. The van der Waals surface area contributed by atoms with Crippen molar-refractivity contribution < 1.29 is 26.7 Å². The van der Waals surface area contributed by atoms with Gasteiger partial charge >= 0.3 is 0 Å². The summed E-state index contributed by atoms with van der Waals surface area (Å²) in [5, 5.41) is 0. The van der Waals surface area contributed by atoms with Crippen molar-refractivity contribution in [3.05, 3.63) is 77.0 Å². The number of hydrogen-bond acceptors (Lipinski definition) is 7. The summed E-state index contributed by atoms with van der Waals surface area (Å²) in [5.74, 6) is -1.91. The molecule has 0 spiro atoms. The van der Waals surface area contributed by atoms with Gasteiger partial charge in [-0.15, -0.1) is 0 Å². The van der Waals surface area contributed by atoms with Crippen LogP contribution in [-0.2, 0) is 10.0 Å². The zero-order chi connectivity index (χ0) is 26.2. The van der Waals surface area contributed by atoms with E-state index < -0.39 is 26.6 Å². The maximum Gasteiger partial charge on any atom is 0.300 e. The molecular weight excluding hydrogens is 506 g/mol. The highest BCUT2D eigenvalue weighted by molar-refractivity contribution is 7.92. The molecule has 1 aliphatic carbocycles. The van der Waals surface area contributed by atoms with Gasteiger partial charge in [-0.25, -0.2) is 27.2 Å². The van der Waals surface area contributed by atoms with Crippen LogP contribution in [0.25, 0.3) is 16.8 Å². The Kier molecular flexibility index (Phi) is 6.50. The van der Waals surface area contributed by atoms with Crippen LogP contribution in [0.15, 0.2) is 64.7 Å². The molecule has 4 aromatic rings. The number of halogens is 2. The normalized spacial score (nSPS) is 13.8. The lowest BCUT2D eigenvalue weighted by atomic mass is 9.86. The molecule has 0 saturated heterocycles. The zero-order valence-electron chi connectivity index (χ0n) is 19.6. The first-order valence-electron chi connectivity index (χ1n) is 11.4. The second kappa shape index (κ2) is 9.77. The van der Waals surface area contributed by atoms with Crippen molar-refractivity contribution in [2.45, 2.75) is 24.2 Å². The molecule has 12 heteroatoms. The van der Waals surface area contributed by atoms with Gasteiger partial charge in [0, 0.05) is 23.5 Å². The lowest BCUT2D eigenvalue weighted by Gasteiger charge is -2.24. The van der Waals surface area contributed by atoms with Gasteiger partial charge in [-0.2, -0.15) is 0 Å². The van der Waals surface area contributed by atoms with Crippen LogP contribution in [0, 0.1) is 17.6 Å². The number of anilines is 1. The van der Waals surface area contributed by atoms with Crippen LogP contribution in [0.5, 0.6) is 11.6 Å². The van der Waals surface area contributed by atoms with Gasteiger partial charge < -0.3 is 9.47 Å². The van der Waals surface area contributed by atoms with Crippen molar-refractivity contribution in [3.8, 4) is 22.8 Å². The predicted octanol–water partition coefficient (Wildman–Crippen LogP) is 4.02. The summed E-state index contributed by atoms with van der Waals surface area (Å²) in [5.41, 5.74) is 1.000. The number of nitrogens with one attached hydrogen (secondary N) is 1. The van der Waals surface area contributed by atoms with E-state index in [0.717, 1.165) is 25.0 Å². The van der Waals surface area contributed by atoms with Crippen molar-refractivity contribution in [2.75, 3.05) is 18.4 Å². The van der Waals surface area contributed by atoms with Crippen LogP contribution in [0.3, 0.4) is 0 Å². The van der Waals surface area contributed by atoms with E-state index in [9.17, 15) is 22.0 Å². The highest BCUT2D eigenvalue weighted by atomic mass is 32.2. The zero-order valence-corrected chi connectivity index (χ0v) is 20.5. The van der Waals surface area contributed by atoms with Crippen LogP contribution < -0.4 is 19.8 Å². The number of nitrogens with zero attached hydrogens (tertiary/aromatic N) is 3. The van der Waals surface area contributed by atoms with E-state index in [1.807, 2.05) is 0 Å². The van der Waals surface area contributed by atoms with Crippen LogP contribution >= 0.6 is 0 Å². The fourth-order valence-corrected chi connectivity index (χ4v) is 4.95. The molecule has 5 rings (SSSR count). The number of sulfonamides is 1. The molecule has 1 aliphatic rings. The summed E-state index contributed by atoms with van der Waals surface area (Å²) in [6, 6.07) is 7.04. The Labute approximate surface area is 210 Å². The van der Waals surface area contributed by atoms with E-state index in [2.05, 4.69) is 14.7 Å². The Morgan fingerprint density at radius 2 is 1.86 bits per heavy atom. The summed E-state index contributed by atoms with van der Waals surface area (Å²) in [4.78, 5) is 21.0. The Bertz CT molecular complexity index is 1660. The fourth-order valence-electron chi connectivity index (χ4n) is 3.89.